The molecule has 0 unspecified atom stereocenters. The molecule has 0 aliphatic carbocycles. The van der Waals surface area contributed by atoms with Crippen molar-refractivity contribution in [2.24, 2.45) is 0 Å². The van der Waals surface area contributed by atoms with E-state index in [1.807, 2.05) is 54.6 Å². The molecule has 0 bridgehead atoms. The lowest BCUT2D eigenvalue weighted by Gasteiger charge is -2.28. The molecule has 4 heteroatoms. The van der Waals surface area contributed by atoms with E-state index in [1.54, 1.807) is 0 Å². The SMILES string of the molecule is N#CCOc1ccccc1[C@@H]1CC(=O)Nc2c1ccc1ccccc21. The van der Waals surface area contributed by atoms with Gasteiger partial charge >= 0.3 is 0 Å². The molecule has 1 aliphatic heterocycles. The smallest absolute Gasteiger partial charge is 0.225 e. The van der Waals surface area contributed by atoms with E-state index in [-0.39, 0.29) is 18.4 Å². The molecule has 1 amide bonds. The van der Waals surface area contributed by atoms with Crippen LogP contribution in [0.1, 0.15) is 23.5 Å². The second-order valence-corrected chi connectivity index (χ2v) is 6.04. The molecule has 3 aromatic rings. The van der Waals surface area contributed by atoms with Crippen molar-refractivity contribution in [3.05, 3.63) is 71.8 Å². The first-order valence-electron chi connectivity index (χ1n) is 8.18. The predicted molar refractivity (Wildman–Crippen MR) is 96.6 cm³/mol. The number of hydrogen-bond acceptors (Lipinski definition) is 3. The molecular formula is C21H16N2O2. The highest BCUT2D eigenvalue weighted by atomic mass is 16.5. The van der Waals surface area contributed by atoms with Gasteiger partial charge in [-0.05, 0) is 17.0 Å². The molecule has 0 saturated heterocycles. The molecule has 0 fully saturated rings. The van der Waals surface area contributed by atoms with E-state index in [9.17, 15) is 4.79 Å². The second kappa shape index (κ2) is 6.29. The maximum atomic E-state index is 12.4. The molecule has 4 rings (SSSR count). The van der Waals surface area contributed by atoms with Gasteiger partial charge in [-0.25, -0.2) is 0 Å². The molecule has 1 heterocycles. The van der Waals surface area contributed by atoms with Crippen LogP contribution in [0, 0.1) is 11.3 Å². The number of para-hydroxylation sites is 1. The Balaban J connectivity index is 1.88. The lowest BCUT2D eigenvalue weighted by atomic mass is 9.83. The fourth-order valence-corrected chi connectivity index (χ4v) is 3.49. The number of amides is 1. The van der Waals surface area contributed by atoms with E-state index in [2.05, 4.69) is 17.4 Å². The zero-order valence-corrected chi connectivity index (χ0v) is 13.5. The molecule has 4 nitrogen and oxygen atoms in total. The summed E-state index contributed by atoms with van der Waals surface area (Å²) >= 11 is 0. The molecule has 122 valence electrons. The van der Waals surface area contributed by atoms with Gasteiger partial charge in [-0.15, -0.1) is 0 Å². The first-order chi connectivity index (χ1) is 12.3. The molecule has 25 heavy (non-hydrogen) atoms. The molecule has 1 N–H and O–H groups in total. The van der Waals surface area contributed by atoms with Crippen LogP contribution in [0.5, 0.6) is 5.75 Å². The van der Waals surface area contributed by atoms with Crippen LogP contribution < -0.4 is 10.1 Å². The summed E-state index contributed by atoms with van der Waals surface area (Å²) in [5, 5.41) is 14.0. The number of hydrogen-bond donors (Lipinski definition) is 1. The summed E-state index contributed by atoms with van der Waals surface area (Å²) in [5.41, 5.74) is 2.88. The maximum Gasteiger partial charge on any atom is 0.225 e. The fourth-order valence-electron chi connectivity index (χ4n) is 3.49. The topological polar surface area (TPSA) is 62.1 Å². The van der Waals surface area contributed by atoms with Gasteiger partial charge in [-0.2, -0.15) is 5.26 Å². The van der Waals surface area contributed by atoms with Crippen molar-refractivity contribution in [2.75, 3.05) is 11.9 Å². The van der Waals surface area contributed by atoms with E-state index in [0.29, 0.717) is 12.2 Å². The van der Waals surface area contributed by atoms with Gasteiger partial charge in [-0.3, -0.25) is 4.79 Å². The van der Waals surface area contributed by atoms with Gasteiger partial charge in [-0.1, -0.05) is 54.6 Å². The Kier molecular flexibility index (Phi) is 3.83. The van der Waals surface area contributed by atoms with Gasteiger partial charge in [0, 0.05) is 23.3 Å². The van der Waals surface area contributed by atoms with Gasteiger partial charge in [0.2, 0.25) is 5.91 Å². The van der Waals surface area contributed by atoms with Crippen LogP contribution in [0.4, 0.5) is 5.69 Å². The molecule has 0 aromatic heterocycles. The van der Waals surface area contributed by atoms with E-state index in [0.717, 1.165) is 27.6 Å². The number of benzene rings is 3. The standard InChI is InChI=1S/C21H16N2O2/c22-11-12-25-19-8-4-3-7-16(19)18-13-20(24)23-21-15-6-2-1-5-14(15)9-10-17(18)21/h1-10,18H,12-13H2,(H,23,24)/t18-/m0/s1. The predicted octanol–water partition coefficient (Wildman–Crippen LogP) is 4.22. The van der Waals surface area contributed by atoms with E-state index in [4.69, 9.17) is 10.00 Å². The molecule has 0 saturated carbocycles. The zero-order chi connectivity index (χ0) is 17.2. The van der Waals surface area contributed by atoms with Gasteiger partial charge in [0.05, 0.1) is 5.69 Å². The largest absolute Gasteiger partial charge is 0.478 e. The number of nitrogens with zero attached hydrogens (tertiary/aromatic N) is 1. The van der Waals surface area contributed by atoms with Gasteiger partial charge in [0.25, 0.3) is 0 Å². The monoisotopic (exact) mass is 328 g/mol. The normalized spacial score (nSPS) is 16.0. The average Bonchev–Trinajstić information content (AvgIpc) is 2.66. The lowest BCUT2D eigenvalue weighted by molar-refractivity contribution is -0.116. The van der Waals surface area contributed by atoms with Crippen molar-refractivity contribution in [2.45, 2.75) is 12.3 Å². The van der Waals surface area contributed by atoms with Gasteiger partial charge in [0.15, 0.2) is 6.61 Å². The van der Waals surface area contributed by atoms with Crippen LogP contribution in [0.2, 0.25) is 0 Å². The summed E-state index contributed by atoms with van der Waals surface area (Å²) in [4.78, 5) is 12.4. The number of fused-ring (bicyclic) bond motifs is 3. The third-order valence-electron chi connectivity index (χ3n) is 4.58. The van der Waals surface area contributed by atoms with Crippen molar-refractivity contribution in [1.82, 2.24) is 0 Å². The van der Waals surface area contributed by atoms with E-state index in [1.165, 1.54) is 0 Å². The number of ether oxygens (including phenoxy) is 1. The first kappa shape index (κ1) is 15.2. The molecular weight excluding hydrogens is 312 g/mol. The highest BCUT2D eigenvalue weighted by Crippen LogP contribution is 2.43. The summed E-state index contributed by atoms with van der Waals surface area (Å²) in [5.74, 6) is 0.551. The Bertz CT molecular complexity index is 1000. The lowest BCUT2D eigenvalue weighted by Crippen LogP contribution is -2.24. The van der Waals surface area contributed by atoms with Crippen LogP contribution >= 0.6 is 0 Å². The fraction of sp³-hybridized carbons (Fsp3) is 0.143. The summed E-state index contributed by atoms with van der Waals surface area (Å²) in [6.45, 7) is -0.0134. The van der Waals surface area contributed by atoms with Crippen LogP contribution in [0.25, 0.3) is 10.8 Å². The average molecular weight is 328 g/mol. The Labute approximate surface area is 145 Å². The number of rotatable bonds is 3. The van der Waals surface area contributed by atoms with Crippen molar-refractivity contribution in [1.29, 1.82) is 5.26 Å². The van der Waals surface area contributed by atoms with E-state index < -0.39 is 0 Å². The minimum absolute atomic E-state index is 0.0102. The Morgan fingerprint density at radius 1 is 1.04 bits per heavy atom. The Hall–Kier alpha value is -3.32. The number of nitriles is 1. The molecule has 1 aliphatic rings. The third kappa shape index (κ3) is 2.70. The zero-order valence-electron chi connectivity index (χ0n) is 13.5. The minimum Gasteiger partial charge on any atom is -0.478 e. The van der Waals surface area contributed by atoms with Crippen LogP contribution in [-0.4, -0.2) is 12.5 Å². The van der Waals surface area contributed by atoms with Crippen LogP contribution in [0.3, 0.4) is 0 Å². The van der Waals surface area contributed by atoms with Crippen molar-refractivity contribution in [3.63, 3.8) is 0 Å². The Morgan fingerprint density at radius 3 is 2.72 bits per heavy atom. The van der Waals surface area contributed by atoms with E-state index >= 15 is 0 Å². The summed E-state index contributed by atoms with van der Waals surface area (Å²) in [6, 6.07) is 21.8. The molecule has 0 radical (unpaired) electrons. The highest BCUT2D eigenvalue weighted by molar-refractivity contribution is 6.06. The maximum absolute atomic E-state index is 12.4. The highest BCUT2D eigenvalue weighted by Gasteiger charge is 2.29. The quantitative estimate of drug-likeness (QED) is 0.783. The van der Waals surface area contributed by atoms with Crippen molar-refractivity contribution in [3.8, 4) is 11.8 Å². The number of carbonyl (C=O) groups excluding carboxylic acids is 1. The number of nitrogens with one attached hydrogen (secondary N) is 1. The van der Waals surface area contributed by atoms with Crippen LogP contribution in [-0.2, 0) is 4.79 Å². The summed E-state index contributed by atoms with van der Waals surface area (Å²) < 4.78 is 5.58. The second-order valence-electron chi connectivity index (χ2n) is 6.04. The molecule has 0 spiro atoms. The van der Waals surface area contributed by atoms with Gasteiger partial charge < -0.3 is 10.1 Å². The van der Waals surface area contributed by atoms with Crippen molar-refractivity contribution < 1.29 is 9.53 Å². The number of anilines is 1. The van der Waals surface area contributed by atoms with Gasteiger partial charge in [0.1, 0.15) is 11.8 Å². The third-order valence-corrected chi connectivity index (χ3v) is 4.58. The molecule has 3 aromatic carbocycles. The summed E-state index contributed by atoms with van der Waals surface area (Å²) in [6.07, 6.45) is 0.359. The molecule has 1 atom stereocenters. The summed E-state index contributed by atoms with van der Waals surface area (Å²) in [7, 11) is 0. The number of carbonyl (C=O) groups is 1. The Morgan fingerprint density at radius 2 is 1.84 bits per heavy atom. The van der Waals surface area contributed by atoms with Crippen LogP contribution in [0.15, 0.2) is 60.7 Å². The minimum atomic E-state index is -0.0942. The van der Waals surface area contributed by atoms with Crippen molar-refractivity contribution >= 4 is 22.4 Å². The first-order valence-corrected chi connectivity index (χ1v) is 8.18.